The van der Waals surface area contributed by atoms with E-state index in [1.165, 1.54) is 0 Å². The van der Waals surface area contributed by atoms with Gasteiger partial charge in [0.05, 0.1) is 0 Å². The van der Waals surface area contributed by atoms with E-state index in [1.807, 2.05) is 19.0 Å². The van der Waals surface area contributed by atoms with Crippen LogP contribution in [-0.4, -0.2) is 38.3 Å². The van der Waals surface area contributed by atoms with E-state index in [1.54, 1.807) is 0 Å². The number of nitrogens with zero attached hydrogens (tertiary/aromatic N) is 1. The molecule has 0 saturated heterocycles. The topological polar surface area (TPSA) is 29.3 Å². The molecular weight excluding hydrogens is 193 g/mol. The van der Waals surface area contributed by atoms with Gasteiger partial charge in [-0.05, 0) is 45.9 Å². The first-order chi connectivity index (χ1) is 6.35. The van der Waals surface area contributed by atoms with E-state index in [-0.39, 0.29) is 5.92 Å². The van der Waals surface area contributed by atoms with Crippen molar-refractivity contribution < 1.29 is 13.2 Å². The average molecular weight is 212 g/mol. The standard InChI is InChI=1S/C9H19F3N2/c1-14(2)6-4-8(3-5-13)7-9(10,11)12/h8H,3-7,13H2,1-2H3. The van der Waals surface area contributed by atoms with Crippen LogP contribution in [0.4, 0.5) is 13.2 Å². The summed E-state index contributed by atoms with van der Waals surface area (Å²) in [4.78, 5) is 1.89. The molecule has 0 spiro atoms. The lowest BCUT2D eigenvalue weighted by Gasteiger charge is -2.19. The first-order valence-corrected chi connectivity index (χ1v) is 4.76. The van der Waals surface area contributed by atoms with Crippen LogP contribution >= 0.6 is 0 Å². The van der Waals surface area contributed by atoms with Crippen molar-refractivity contribution in [2.75, 3.05) is 27.2 Å². The Morgan fingerprint density at radius 2 is 1.79 bits per heavy atom. The molecule has 14 heavy (non-hydrogen) atoms. The normalized spacial score (nSPS) is 14.8. The van der Waals surface area contributed by atoms with Gasteiger partial charge in [0.15, 0.2) is 0 Å². The van der Waals surface area contributed by atoms with Gasteiger partial charge in [0.2, 0.25) is 0 Å². The minimum atomic E-state index is -4.06. The number of alkyl halides is 3. The number of hydrogen-bond acceptors (Lipinski definition) is 2. The fourth-order valence-electron chi connectivity index (χ4n) is 1.35. The number of hydrogen-bond donors (Lipinski definition) is 1. The van der Waals surface area contributed by atoms with Crippen LogP contribution in [-0.2, 0) is 0 Å². The second-order valence-electron chi connectivity index (χ2n) is 3.85. The largest absolute Gasteiger partial charge is 0.389 e. The third kappa shape index (κ3) is 8.31. The van der Waals surface area contributed by atoms with Gasteiger partial charge in [-0.1, -0.05) is 0 Å². The van der Waals surface area contributed by atoms with Crippen LogP contribution in [0.1, 0.15) is 19.3 Å². The van der Waals surface area contributed by atoms with Crippen LogP contribution in [0.5, 0.6) is 0 Å². The van der Waals surface area contributed by atoms with Gasteiger partial charge in [-0.3, -0.25) is 0 Å². The highest BCUT2D eigenvalue weighted by Gasteiger charge is 2.31. The van der Waals surface area contributed by atoms with E-state index in [9.17, 15) is 13.2 Å². The molecule has 0 aromatic rings. The van der Waals surface area contributed by atoms with Gasteiger partial charge in [-0.2, -0.15) is 13.2 Å². The Kier molecular flexibility index (Phi) is 6.11. The van der Waals surface area contributed by atoms with E-state index < -0.39 is 12.6 Å². The molecule has 0 heterocycles. The van der Waals surface area contributed by atoms with Gasteiger partial charge in [0.25, 0.3) is 0 Å². The van der Waals surface area contributed by atoms with Crippen LogP contribution in [0.15, 0.2) is 0 Å². The van der Waals surface area contributed by atoms with E-state index in [0.29, 0.717) is 25.9 Å². The molecule has 1 unspecified atom stereocenters. The van der Waals surface area contributed by atoms with Gasteiger partial charge in [-0.25, -0.2) is 0 Å². The van der Waals surface area contributed by atoms with E-state index in [2.05, 4.69) is 0 Å². The molecule has 0 bridgehead atoms. The molecule has 0 radical (unpaired) electrons. The van der Waals surface area contributed by atoms with Crippen molar-refractivity contribution in [1.82, 2.24) is 4.90 Å². The summed E-state index contributed by atoms with van der Waals surface area (Å²) in [6, 6.07) is 0. The third-order valence-electron chi connectivity index (χ3n) is 2.08. The molecule has 0 aliphatic heterocycles. The lowest BCUT2D eigenvalue weighted by atomic mass is 9.97. The zero-order valence-electron chi connectivity index (χ0n) is 8.77. The number of rotatable bonds is 6. The Morgan fingerprint density at radius 3 is 2.14 bits per heavy atom. The molecule has 86 valence electrons. The minimum absolute atomic E-state index is 0.328. The highest BCUT2D eigenvalue weighted by molar-refractivity contribution is 4.66. The van der Waals surface area contributed by atoms with Crippen LogP contribution in [0.2, 0.25) is 0 Å². The molecule has 0 aliphatic carbocycles. The Morgan fingerprint density at radius 1 is 1.21 bits per heavy atom. The molecule has 2 nitrogen and oxygen atoms in total. The van der Waals surface area contributed by atoms with Crippen LogP contribution < -0.4 is 5.73 Å². The van der Waals surface area contributed by atoms with Crippen molar-refractivity contribution in [1.29, 1.82) is 0 Å². The van der Waals surface area contributed by atoms with Crippen LogP contribution in [0.25, 0.3) is 0 Å². The van der Waals surface area contributed by atoms with Crippen LogP contribution in [0.3, 0.4) is 0 Å². The Labute approximate surface area is 83.3 Å². The van der Waals surface area contributed by atoms with Gasteiger partial charge in [0.1, 0.15) is 0 Å². The second kappa shape index (κ2) is 6.24. The molecule has 0 saturated carbocycles. The zero-order chi connectivity index (χ0) is 11.2. The molecule has 0 aliphatic rings. The SMILES string of the molecule is CN(C)CCC(CCN)CC(F)(F)F. The lowest BCUT2D eigenvalue weighted by Crippen LogP contribution is -2.22. The lowest BCUT2D eigenvalue weighted by molar-refractivity contribution is -0.145. The van der Waals surface area contributed by atoms with Crippen molar-refractivity contribution in [3.8, 4) is 0 Å². The molecule has 5 heteroatoms. The summed E-state index contributed by atoms with van der Waals surface area (Å²) in [5, 5.41) is 0. The molecule has 2 N–H and O–H groups in total. The Hall–Kier alpha value is -0.290. The molecule has 0 aromatic carbocycles. The molecule has 0 fully saturated rings. The van der Waals surface area contributed by atoms with Gasteiger partial charge < -0.3 is 10.6 Å². The van der Waals surface area contributed by atoms with E-state index in [0.717, 1.165) is 0 Å². The summed E-state index contributed by atoms with van der Waals surface area (Å²) in [5.74, 6) is -0.331. The maximum absolute atomic E-state index is 12.1. The maximum atomic E-state index is 12.1. The number of nitrogens with two attached hydrogens (primary N) is 1. The first-order valence-electron chi connectivity index (χ1n) is 4.76. The summed E-state index contributed by atoms with van der Waals surface area (Å²) >= 11 is 0. The van der Waals surface area contributed by atoms with Crippen molar-refractivity contribution in [3.63, 3.8) is 0 Å². The fourth-order valence-corrected chi connectivity index (χ4v) is 1.35. The molecule has 0 amide bonds. The van der Waals surface area contributed by atoms with Crippen molar-refractivity contribution >= 4 is 0 Å². The fraction of sp³-hybridized carbons (Fsp3) is 1.00. The quantitative estimate of drug-likeness (QED) is 0.728. The van der Waals surface area contributed by atoms with Gasteiger partial charge in [0, 0.05) is 6.42 Å². The smallest absolute Gasteiger partial charge is 0.330 e. The molecular formula is C9H19F3N2. The summed E-state index contributed by atoms with van der Waals surface area (Å²) in [6.45, 7) is 1.01. The van der Waals surface area contributed by atoms with E-state index in [4.69, 9.17) is 5.73 Å². The first kappa shape index (κ1) is 13.7. The maximum Gasteiger partial charge on any atom is 0.389 e. The predicted octanol–water partition coefficient (Wildman–Crippen LogP) is 1.86. The van der Waals surface area contributed by atoms with Gasteiger partial charge in [-0.15, -0.1) is 0 Å². The van der Waals surface area contributed by atoms with Crippen molar-refractivity contribution in [3.05, 3.63) is 0 Å². The van der Waals surface area contributed by atoms with Crippen LogP contribution in [0, 0.1) is 5.92 Å². The van der Waals surface area contributed by atoms with E-state index >= 15 is 0 Å². The second-order valence-corrected chi connectivity index (χ2v) is 3.85. The Balaban J connectivity index is 3.89. The number of halogens is 3. The van der Waals surface area contributed by atoms with Crippen molar-refractivity contribution in [2.45, 2.75) is 25.4 Å². The summed E-state index contributed by atoms with van der Waals surface area (Å²) < 4.78 is 36.3. The summed E-state index contributed by atoms with van der Waals surface area (Å²) in [6.07, 6.45) is -3.76. The zero-order valence-corrected chi connectivity index (χ0v) is 8.77. The summed E-state index contributed by atoms with van der Waals surface area (Å²) in [7, 11) is 3.71. The molecule has 0 aromatic heterocycles. The minimum Gasteiger partial charge on any atom is -0.330 e. The third-order valence-corrected chi connectivity index (χ3v) is 2.08. The summed E-state index contributed by atoms with van der Waals surface area (Å²) in [5.41, 5.74) is 5.27. The highest BCUT2D eigenvalue weighted by atomic mass is 19.4. The average Bonchev–Trinajstić information content (AvgIpc) is 1.98. The Bertz CT molecular complexity index is 145. The molecule has 1 atom stereocenters. The van der Waals surface area contributed by atoms with Crippen molar-refractivity contribution in [2.24, 2.45) is 11.7 Å². The predicted molar refractivity (Wildman–Crippen MR) is 51.0 cm³/mol. The van der Waals surface area contributed by atoms with Gasteiger partial charge >= 0.3 is 6.18 Å². The monoisotopic (exact) mass is 212 g/mol. The highest BCUT2D eigenvalue weighted by Crippen LogP contribution is 2.28. The molecule has 0 rings (SSSR count).